The highest BCUT2D eigenvalue weighted by Gasteiger charge is 2.28. The van der Waals surface area contributed by atoms with Crippen molar-refractivity contribution in [3.63, 3.8) is 0 Å². The standard InChI is InChI=1S/C20H33N3O3/c1-5-6-7-12-21-18(24)17-9-8-13-23(17)16-10-14-22(15-11-16)19(25)26-20(2,3)4/h8-9,13,16H,5-7,10-12,14-15H2,1-4H3,(H,21,24). The van der Waals surface area contributed by atoms with E-state index in [2.05, 4.69) is 16.8 Å². The fraction of sp³-hybridized carbons (Fsp3) is 0.700. The van der Waals surface area contributed by atoms with E-state index in [1.165, 1.54) is 0 Å². The Morgan fingerprint density at radius 3 is 2.54 bits per heavy atom. The Morgan fingerprint density at radius 1 is 1.23 bits per heavy atom. The van der Waals surface area contributed by atoms with Gasteiger partial charge in [-0.1, -0.05) is 19.8 Å². The van der Waals surface area contributed by atoms with Crippen LogP contribution in [0.3, 0.4) is 0 Å². The molecule has 0 aromatic carbocycles. The third kappa shape index (κ3) is 5.78. The van der Waals surface area contributed by atoms with Gasteiger partial charge in [0.15, 0.2) is 0 Å². The van der Waals surface area contributed by atoms with Crippen molar-refractivity contribution in [1.29, 1.82) is 0 Å². The Kier molecular flexibility index (Phi) is 7.12. The summed E-state index contributed by atoms with van der Waals surface area (Å²) < 4.78 is 7.50. The molecule has 0 spiro atoms. The minimum absolute atomic E-state index is 0.0133. The maximum Gasteiger partial charge on any atom is 0.410 e. The summed E-state index contributed by atoms with van der Waals surface area (Å²) in [5.41, 5.74) is 0.231. The first-order valence-corrected chi connectivity index (χ1v) is 9.75. The highest BCUT2D eigenvalue weighted by Crippen LogP contribution is 2.25. The van der Waals surface area contributed by atoms with Crippen molar-refractivity contribution in [1.82, 2.24) is 14.8 Å². The summed E-state index contributed by atoms with van der Waals surface area (Å²) in [5.74, 6) is -0.0133. The van der Waals surface area contributed by atoms with Gasteiger partial charge in [0.05, 0.1) is 0 Å². The first kappa shape index (κ1) is 20.3. The van der Waals surface area contributed by atoms with Crippen molar-refractivity contribution in [2.24, 2.45) is 0 Å². The lowest BCUT2D eigenvalue weighted by Gasteiger charge is -2.34. The fourth-order valence-electron chi connectivity index (χ4n) is 3.23. The van der Waals surface area contributed by atoms with Crippen molar-refractivity contribution in [2.75, 3.05) is 19.6 Å². The quantitative estimate of drug-likeness (QED) is 0.778. The van der Waals surface area contributed by atoms with Crippen LogP contribution in [0, 0.1) is 0 Å². The van der Waals surface area contributed by atoms with Gasteiger partial charge in [0, 0.05) is 31.9 Å². The Labute approximate surface area is 156 Å². The van der Waals surface area contributed by atoms with Crippen molar-refractivity contribution >= 4 is 12.0 Å². The lowest BCUT2D eigenvalue weighted by molar-refractivity contribution is 0.0187. The van der Waals surface area contributed by atoms with E-state index in [1.807, 2.05) is 39.1 Å². The lowest BCUT2D eigenvalue weighted by Crippen LogP contribution is -2.42. The number of piperidine rings is 1. The molecule has 1 aliphatic rings. The third-order valence-corrected chi connectivity index (χ3v) is 4.59. The molecule has 1 saturated heterocycles. The number of rotatable bonds is 6. The maximum absolute atomic E-state index is 12.4. The van der Waals surface area contributed by atoms with Crippen LogP contribution >= 0.6 is 0 Å². The smallest absolute Gasteiger partial charge is 0.410 e. The van der Waals surface area contributed by atoms with Crippen LogP contribution in [0.5, 0.6) is 0 Å². The van der Waals surface area contributed by atoms with Gasteiger partial charge in [-0.3, -0.25) is 4.79 Å². The van der Waals surface area contributed by atoms with Gasteiger partial charge in [0.2, 0.25) is 0 Å². The van der Waals surface area contributed by atoms with Crippen LogP contribution in [0.1, 0.15) is 76.3 Å². The monoisotopic (exact) mass is 363 g/mol. The number of amides is 2. The predicted molar refractivity (Wildman–Crippen MR) is 102 cm³/mol. The van der Waals surface area contributed by atoms with E-state index in [9.17, 15) is 9.59 Å². The molecular formula is C20H33N3O3. The van der Waals surface area contributed by atoms with Gasteiger partial charge in [-0.05, 0) is 52.2 Å². The van der Waals surface area contributed by atoms with Gasteiger partial charge in [-0.2, -0.15) is 0 Å². The summed E-state index contributed by atoms with van der Waals surface area (Å²) in [5, 5.41) is 3.01. The zero-order valence-electron chi connectivity index (χ0n) is 16.6. The topological polar surface area (TPSA) is 63.6 Å². The molecule has 1 aromatic rings. The molecular weight excluding hydrogens is 330 g/mol. The van der Waals surface area contributed by atoms with Crippen LogP contribution in [0.2, 0.25) is 0 Å². The molecule has 2 heterocycles. The summed E-state index contributed by atoms with van der Waals surface area (Å²) in [7, 11) is 0. The molecule has 2 rings (SSSR count). The SMILES string of the molecule is CCCCCNC(=O)c1cccn1C1CCN(C(=O)OC(C)(C)C)CC1. The summed E-state index contributed by atoms with van der Waals surface area (Å²) in [4.78, 5) is 26.4. The molecule has 1 aromatic heterocycles. The maximum atomic E-state index is 12.4. The van der Waals surface area contributed by atoms with Crippen LogP contribution in [0.4, 0.5) is 4.79 Å². The van der Waals surface area contributed by atoms with E-state index in [0.717, 1.165) is 38.6 Å². The Morgan fingerprint density at radius 2 is 1.92 bits per heavy atom. The molecule has 1 N–H and O–H groups in total. The molecule has 2 amide bonds. The number of unbranched alkanes of at least 4 members (excludes halogenated alkanes) is 2. The average molecular weight is 364 g/mol. The lowest BCUT2D eigenvalue weighted by atomic mass is 10.0. The van der Waals surface area contributed by atoms with E-state index in [1.54, 1.807) is 4.90 Å². The average Bonchev–Trinajstić information content (AvgIpc) is 3.07. The number of hydrogen-bond donors (Lipinski definition) is 1. The number of likely N-dealkylation sites (tertiary alicyclic amines) is 1. The molecule has 0 saturated carbocycles. The highest BCUT2D eigenvalue weighted by molar-refractivity contribution is 5.92. The van der Waals surface area contributed by atoms with E-state index in [0.29, 0.717) is 18.8 Å². The van der Waals surface area contributed by atoms with E-state index in [4.69, 9.17) is 4.74 Å². The second-order valence-corrected chi connectivity index (χ2v) is 7.96. The molecule has 0 radical (unpaired) electrons. The Hall–Kier alpha value is -1.98. The van der Waals surface area contributed by atoms with E-state index < -0.39 is 5.60 Å². The summed E-state index contributed by atoms with van der Waals surface area (Å²) >= 11 is 0. The Balaban J connectivity index is 1.89. The van der Waals surface area contributed by atoms with Gasteiger partial charge >= 0.3 is 6.09 Å². The number of carbonyl (C=O) groups excluding carboxylic acids is 2. The van der Waals surface area contributed by atoms with Crippen molar-refractivity contribution in [2.45, 2.75) is 71.4 Å². The van der Waals surface area contributed by atoms with E-state index >= 15 is 0 Å². The molecule has 6 heteroatoms. The van der Waals surface area contributed by atoms with Gasteiger partial charge in [-0.25, -0.2) is 4.79 Å². The molecule has 26 heavy (non-hydrogen) atoms. The molecule has 0 aliphatic carbocycles. The number of nitrogens with one attached hydrogen (secondary N) is 1. The largest absolute Gasteiger partial charge is 0.444 e. The van der Waals surface area contributed by atoms with Crippen LogP contribution in [-0.4, -0.2) is 46.7 Å². The zero-order valence-corrected chi connectivity index (χ0v) is 16.6. The van der Waals surface area contributed by atoms with Crippen molar-refractivity contribution < 1.29 is 14.3 Å². The number of aromatic nitrogens is 1. The number of carbonyl (C=O) groups is 2. The fourth-order valence-corrected chi connectivity index (χ4v) is 3.23. The summed E-state index contributed by atoms with van der Waals surface area (Å²) in [6.07, 6.45) is 6.64. The molecule has 0 bridgehead atoms. The Bertz CT molecular complexity index is 596. The normalized spacial score (nSPS) is 15.8. The summed E-state index contributed by atoms with van der Waals surface area (Å²) in [6, 6.07) is 4.02. The molecule has 6 nitrogen and oxygen atoms in total. The minimum atomic E-state index is -0.475. The van der Waals surface area contributed by atoms with Gasteiger partial charge in [0.25, 0.3) is 5.91 Å². The molecule has 1 fully saturated rings. The second kappa shape index (κ2) is 9.10. The van der Waals surface area contributed by atoms with Crippen molar-refractivity contribution in [3.05, 3.63) is 24.0 Å². The summed E-state index contributed by atoms with van der Waals surface area (Å²) in [6.45, 7) is 9.80. The van der Waals surface area contributed by atoms with Crippen LogP contribution in [0.25, 0.3) is 0 Å². The molecule has 146 valence electrons. The molecule has 0 atom stereocenters. The number of hydrogen-bond acceptors (Lipinski definition) is 3. The zero-order chi connectivity index (χ0) is 19.2. The van der Waals surface area contributed by atoms with Crippen LogP contribution in [0.15, 0.2) is 18.3 Å². The second-order valence-electron chi connectivity index (χ2n) is 7.96. The first-order valence-electron chi connectivity index (χ1n) is 9.75. The van der Waals surface area contributed by atoms with Crippen LogP contribution in [-0.2, 0) is 4.74 Å². The minimum Gasteiger partial charge on any atom is -0.444 e. The molecule has 1 aliphatic heterocycles. The van der Waals surface area contributed by atoms with Gasteiger partial charge < -0.3 is 19.5 Å². The predicted octanol–water partition coefficient (Wildman–Crippen LogP) is 3.98. The third-order valence-electron chi connectivity index (χ3n) is 4.59. The van der Waals surface area contributed by atoms with Crippen molar-refractivity contribution in [3.8, 4) is 0 Å². The highest BCUT2D eigenvalue weighted by atomic mass is 16.6. The van der Waals surface area contributed by atoms with Gasteiger partial charge in [0.1, 0.15) is 11.3 Å². The van der Waals surface area contributed by atoms with Crippen LogP contribution < -0.4 is 5.32 Å². The number of ether oxygens (including phenoxy) is 1. The van der Waals surface area contributed by atoms with E-state index in [-0.39, 0.29) is 18.0 Å². The van der Waals surface area contributed by atoms with Gasteiger partial charge in [-0.15, -0.1) is 0 Å². The number of nitrogens with zero attached hydrogens (tertiary/aromatic N) is 2. The first-order chi connectivity index (χ1) is 12.3. The molecule has 0 unspecified atom stereocenters.